The predicted octanol–water partition coefficient (Wildman–Crippen LogP) is 4.86. The first-order valence-corrected chi connectivity index (χ1v) is 12.0. The number of benzene rings is 3. The SMILES string of the molecule is CC(C)(C)[Si](OCc1ccc(/C=C/C(=O)O)cc1)(c1ccccc1)c1ccccc1. The molecule has 3 nitrogen and oxygen atoms in total. The molecule has 3 aromatic carbocycles. The lowest BCUT2D eigenvalue weighted by Crippen LogP contribution is -2.66. The highest BCUT2D eigenvalue weighted by Crippen LogP contribution is 2.37. The Bertz CT molecular complexity index is 948. The van der Waals surface area contributed by atoms with Crippen molar-refractivity contribution in [2.24, 2.45) is 0 Å². The molecule has 0 aliphatic rings. The second-order valence-corrected chi connectivity index (χ2v) is 12.7. The zero-order valence-corrected chi connectivity index (χ0v) is 18.7. The normalized spacial score (nSPS) is 12.2. The third kappa shape index (κ3) is 4.78. The van der Waals surface area contributed by atoms with Crippen LogP contribution in [0.15, 0.2) is 91.0 Å². The number of hydrogen-bond donors (Lipinski definition) is 1. The largest absolute Gasteiger partial charge is 0.478 e. The molecule has 0 saturated heterocycles. The number of aliphatic carboxylic acids is 1. The van der Waals surface area contributed by atoms with Gasteiger partial charge < -0.3 is 9.53 Å². The van der Waals surface area contributed by atoms with Gasteiger partial charge in [-0.25, -0.2) is 4.79 Å². The summed E-state index contributed by atoms with van der Waals surface area (Å²) < 4.78 is 6.92. The molecule has 0 aliphatic heterocycles. The van der Waals surface area contributed by atoms with Crippen molar-refractivity contribution in [3.8, 4) is 0 Å². The van der Waals surface area contributed by atoms with Crippen molar-refractivity contribution in [2.75, 3.05) is 0 Å². The summed E-state index contributed by atoms with van der Waals surface area (Å²) in [7, 11) is -2.57. The minimum absolute atomic E-state index is 0.0696. The Labute approximate surface area is 179 Å². The van der Waals surface area contributed by atoms with E-state index in [1.807, 2.05) is 36.4 Å². The molecule has 0 amide bonds. The Morgan fingerprint density at radius 2 is 1.37 bits per heavy atom. The van der Waals surface area contributed by atoms with Crippen LogP contribution in [0.4, 0.5) is 0 Å². The number of carboxylic acid groups (broad SMARTS) is 1. The highest BCUT2D eigenvalue weighted by Gasteiger charge is 2.50. The van der Waals surface area contributed by atoms with Crippen molar-refractivity contribution < 1.29 is 14.3 Å². The lowest BCUT2D eigenvalue weighted by atomic mass is 10.1. The Balaban J connectivity index is 1.97. The fraction of sp³-hybridized carbons (Fsp3) is 0.192. The first-order valence-electron chi connectivity index (χ1n) is 10.1. The summed E-state index contributed by atoms with van der Waals surface area (Å²) in [6, 6.07) is 29.0. The fourth-order valence-corrected chi connectivity index (χ4v) is 8.38. The van der Waals surface area contributed by atoms with E-state index in [1.54, 1.807) is 6.08 Å². The molecule has 0 unspecified atom stereocenters. The maximum atomic E-state index is 10.7. The van der Waals surface area contributed by atoms with Crippen molar-refractivity contribution in [3.63, 3.8) is 0 Å². The van der Waals surface area contributed by atoms with Crippen LogP contribution in [0.2, 0.25) is 5.04 Å². The molecule has 4 heteroatoms. The molecule has 0 aromatic heterocycles. The first-order chi connectivity index (χ1) is 14.3. The van der Waals surface area contributed by atoms with Crippen LogP contribution in [0.1, 0.15) is 31.9 Å². The molecule has 0 radical (unpaired) electrons. The van der Waals surface area contributed by atoms with Crippen LogP contribution < -0.4 is 10.4 Å². The molecule has 0 spiro atoms. The van der Waals surface area contributed by atoms with Crippen LogP contribution in [0.5, 0.6) is 0 Å². The quantitative estimate of drug-likeness (QED) is 0.442. The van der Waals surface area contributed by atoms with Crippen LogP contribution in [-0.4, -0.2) is 19.4 Å². The van der Waals surface area contributed by atoms with E-state index < -0.39 is 14.3 Å². The Kier molecular flexibility index (Phi) is 6.70. The smallest absolute Gasteiger partial charge is 0.328 e. The lowest BCUT2D eigenvalue weighted by Gasteiger charge is -2.43. The minimum atomic E-state index is -2.57. The monoisotopic (exact) mass is 416 g/mol. The second-order valence-electron chi connectivity index (χ2n) is 8.37. The summed E-state index contributed by atoms with van der Waals surface area (Å²) in [4.78, 5) is 10.7. The zero-order valence-electron chi connectivity index (χ0n) is 17.7. The number of carboxylic acids is 1. The first kappa shape index (κ1) is 21.7. The van der Waals surface area contributed by atoms with E-state index in [0.29, 0.717) is 6.61 Å². The third-order valence-electron chi connectivity index (χ3n) is 5.27. The van der Waals surface area contributed by atoms with E-state index in [-0.39, 0.29) is 5.04 Å². The van der Waals surface area contributed by atoms with Crippen LogP contribution in [0.25, 0.3) is 6.08 Å². The standard InChI is InChI=1S/C26H28O3Si/c1-26(2,3)30(23-10-6-4-7-11-23,24-12-8-5-9-13-24)29-20-22-16-14-21(15-17-22)18-19-25(27)28/h4-19H,20H2,1-3H3,(H,27,28)/b19-18+. The Morgan fingerprint density at radius 3 is 1.80 bits per heavy atom. The van der Waals surface area contributed by atoms with E-state index in [4.69, 9.17) is 9.53 Å². The van der Waals surface area contributed by atoms with Crippen LogP contribution >= 0.6 is 0 Å². The lowest BCUT2D eigenvalue weighted by molar-refractivity contribution is -0.131. The molecule has 1 N–H and O–H groups in total. The second kappa shape index (κ2) is 9.24. The molecule has 0 saturated carbocycles. The summed E-state index contributed by atoms with van der Waals surface area (Å²) in [5.74, 6) is -0.950. The molecule has 3 aromatic rings. The van der Waals surface area contributed by atoms with Gasteiger partial charge in [0.1, 0.15) is 0 Å². The van der Waals surface area contributed by atoms with Crippen LogP contribution in [0.3, 0.4) is 0 Å². The molecular formula is C26H28O3Si. The summed E-state index contributed by atoms with van der Waals surface area (Å²) in [6.45, 7) is 7.28. The van der Waals surface area contributed by atoms with Gasteiger partial charge in [0.2, 0.25) is 0 Å². The minimum Gasteiger partial charge on any atom is -0.478 e. The predicted molar refractivity (Wildman–Crippen MR) is 126 cm³/mol. The van der Waals surface area contributed by atoms with Gasteiger partial charge in [-0.15, -0.1) is 0 Å². The number of carbonyl (C=O) groups is 1. The van der Waals surface area contributed by atoms with Crippen LogP contribution in [0, 0.1) is 0 Å². The summed E-state index contributed by atoms with van der Waals surface area (Å²) in [5.41, 5.74) is 1.92. The Hall–Kier alpha value is -2.95. The highest BCUT2D eigenvalue weighted by molar-refractivity contribution is 6.99. The molecule has 0 fully saturated rings. The molecule has 0 atom stereocenters. The average molecular weight is 417 g/mol. The molecule has 3 rings (SSSR count). The van der Waals surface area contributed by atoms with E-state index >= 15 is 0 Å². The topological polar surface area (TPSA) is 46.5 Å². The number of rotatable bonds is 7. The molecule has 30 heavy (non-hydrogen) atoms. The maximum absolute atomic E-state index is 10.7. The van der Waals surface area contributed by atoms with Crippen molar-refractivity contribution >= 4 is 30.7 Å². The maximum Gasteiger partial charge on any atom is 0.328 e. The highest BCUT2D eigenvalue weighted by atomic mass is 28.4. The third-order valence-corrected chi connectivity index (χ3v) is 10.3. The van der Waals surface area contributed by atoms with E-state index in [1.165, 1.54) is 10.4 Å². The van der Waals surface area contributed by atoms with Gasteiger partial charge in [-0.05, 0) is 32.6 Å². The van der Waals surface area contributed by atoms with Gasteiger partial charge in [0.25, 0.3) is 8.32 Å². The fourth-order valence-electron chi connectivity index (χ4n) is 3.85. The van der Waals surface area contributed by atoms with Gasteiger partial charge in [0.15, 0.2) is 0 Å². The van der Waals surface area contributed by atoms with Gasteiger partial charge in [-0.1, -0.05) is 106 Å². The van der Waals surface area contributed by atoms with Gasteiger partial charge in [-0.2, -0.15) is 0 Å². The molecular weight excluding hydrogens is 388 g/mol. The van der Waals surface area contributed by atoms with E-state index in [9.17, 15) is 4.79 Å². The van der Waals surface area contributed by atoms with Gasteiger partial charge in [0, 0.05) is 6.08 Å². The average Bonchev–Trinajstić information content (AvgIpc) is 2.74. The van der Waals surface area contributed by atoms with Crippen molar-refractivity contribution in [2.45, 2.75) is 32.4 Å². The van der Waals surface area contributed by atoms with Gasteiger partial charge in [0.05, 0.1) is 6.61 Å². The summed E-state index contributed by atoms with van der Waals surface area (Å²) in [5, 5.41) is 11.2. The zero-order chi connectivity index (χ0) is 21.6. The van der Waals surface area contributed by atoms with Gasteiger partial charge in [-0.3, -0.25) is 0 Å². The molecule has 0 aliphatic carbocycles. The molecule has 0 heterocycles. The number of hydrogen-bond acceptors (Lipinski definition) is 2. The van der Waals surface area contributed by atoms with E-state index in [2.05, 4.69) is 69.3 Å². The Morgan fingerprint density at radius 1 is 0.867 bits per heavy atom. The summed E-state index contributed by atoms with van der Waals surface area (Å²) in [6.07, 6.45) is 2.74. The van der Waals surface area contributed by atoms with Crippen molar-refractivity contribution in [1.82, 2.24) is 0 Å². The van der Waals surface area contributed by atoms with Crippen LogP contribution in [-0.2, 0) is 15.8 Å². The van der Waals surface area contributed by atoms with E-state index in [0.717, 1.165) is 17.2 Å². The van der Waals surface area contributed by atoms with Gasteiger partial charge >= 0.3 is 5.97 Å². The van der Waals surface area contributed by atoms with Crippen molar-refractivity contribution in [3.05, 3.63) is 102 Å². The van der Waals surface area contributed by atoms with Crippen molar-refractivity contribution in [1.29, 1.82) is 0 Å². The molecule has 154 valence electrons. The molecule has 0 bridgehead atoms. The summed E-state index contributed by atoms with van der Waals surface area (Å²) >= 11 is 0.